The van der Waals surface area contributed by atoms with Crippen LogP contribution in [0.3, 0.4) is 0 Å². The standard InChI is InChI=1S/C15H25NO6/c1-9(2)15(20,10(3)17)14(19)22-8-11-4-6-16(21)7-5-12(18)13(11)16/h4,9-10,12-13,17-18,20H,5-8H2,1-3H3/t10-,12-,13+,15-,16+/m0/s1. The van der Waals surface area contributed by atoms with Crippen LogP contribution in [0.4, 0.5) is 0 Å². The Morgan fingerprint density at radius 1 is 1.55 bits per heavy atom. The first-order valence-electron chi connectivity index (χ1n) is 7.65. The Morgan fingerprint density at radius 2 is 2.18 bits per heavy atom. The summed E-state index contributed by atoms with van der Waals surface area (Å²) in [4.78, 5) is 12.2. The number of nitrogens with zero attached hydrogens (tertiary/aromatic N) is 1. The molecular weight excluding hydrogens is 290 g/mol. The van der Waals surface area contributed by atoms with Crippen LogP contribution < -0.4 is 0 Å². The molecule has 0 unspecified atom stereocenters. The highest BCUT2D eigenvalue weighted by Gasteiger charge is 2.49. The molecule has 2 heterocycles. The normalized spacial score (nSPS) is 35.0. The zero-order valence-electron chi connectivity index (χ0n) is 13.2. The molecule has 0 spiro atoms. The Balaban J connectivity index is 2.03. The SMILES string of the molecule is CC(C)[C@@](O)(C(=O)OCC1=CC[N@@+]2([O-])CC[C@H](O)[C@@H]12)[C@H](C)O. The summed E-state index contributed by atoms with van der Waals surface area (Å²) in [6.07, 6.45) is 0.127. The number of aliphatic hydroxyl groups excluding tert-OH is 2. The fraction of sp³-hybridized carbons (Fsp3) is 0.800. The molecule has 2 rings (SSSR count). The van der Waals surface area contributed by atoms with Crippen LogP contribution in [-0.4, -0.2) is 69.5 Å². The Kier molecular flexibility index (Phi) is 4.66. The number of hydroxylamine groups is 3. The fourth-order valence-electron chi connectivity index (χ4n) is 3.41. The second kappa shape index (κ2) is 5.90. The highest BCUT2D eigenvalue weighted by molar-refractivity contribution is 5.80. The molecular formula is C15H25NO6. The third kappa shape index (κ3) is 2.68. The number of rotatable bonds is 5. The number of esters is 1. The van der Waals surface area contributed by atoms with Gasteiger partial charge >= 0.3 is 5.97 Å². The van der Waals surface area contributed by atoms with Crippen LogP contribution in [0, 0.1) is 11.1 Å². The minimum atomic E-state index is -1.99. The zero-order valence-corrected chi connectivity index (χ0v) is 13.2. The van der Waals surface area contributed by atoms with Gasteiger partial charge in [-0.05, 0) is 18.9 Å². The minimum absolute atomic E-state index is 0.148. The highest BCUT2D eigenvalue weighted by atomic mass is 16.6. The van der Waals surface area contributed by atoms with E-state index in [2.05, 4.69) is 0 Å². The van der Waals surface area contributed by atoms with Gasteiger partial charge in [-0.25, -0.2) is 4.79 Å². The molecule has 2 aliphatic rings. The molecule has 0 aliphatic carbocycles. The molecule has 0 aromatic heterocycles. The number of hydrogen-bond donors (Lipinski definition) is 3. The van der Waals surface area contributed by atoms with Gasteiger partial charge in [0.05, 0.1) is 19.2 Å². The average molecular weight is 315 g/mol. The first-order chi connectivity index (χ1) is 10.1. The first-order valence-corrected chi connectivity index (χ1v) is 7.65. The van der Waals surface area contributed by atoms with Gasteiger partial charge in [0.2, 0.25) is 0 Å². The molecule has 1 fully saturated rings. The van der Waals surface area contributed by atoms with E-state index in [1.54, 1.807) is 19.9 Å². The average Bonchev–Trinajstić information content (AvgIpc) is 2.92. The van der Waals surface area contributed by atoms with Gasteiger partial charge in [0.15, 0.2) is 5.60 Å². The number of hydrogen-bond acceptors (Lipinski definition) is 6. The first kappa shape index (κ1) is 17.4. The summed E-state index contributed by atoms with van der Waals surface area (Å²) in [6, 6.07) is -0.591. The topological polar surface area (TPSA) is 110 Å². The van der Waals surface area contributed by atoms with Crippen molar-refractivity contribution in [2.45, 2.75) is 51.0 Å². The molecule has 0 amide bonds. The van der Waals surface area contributed by atoms with Gasteiger partial charge in [-0.1, -0.05) is 13.8 Å². The van der Waals surface area contributed by atoms with Crippen LogP contribution in [0.15, 0.2) is 11.6 Å². The predicted octanol–water partition coefficient (Wildman–Crippen LogP) is -0.315. The van der Waals surface area contributed by atoms with Gasteiger partial charge in [-0.2, -0.15) is 0 Å². The molecule has 0 aromatic rings. The third-order valence-electron chi connectivity index (χ3n) is 4.93. The Bertz CT molecular complexity index is 467. The van der Waals surface area contributed by atoms with Gasteiger partial charge < -0.3 is 29.9 Å². The lowest BCUT2D eigenvalue weighted by Gasteiger charge is -2.40. The van der Waals surface area contributed by atoms with Crippen LogP contribution in [0.5, 0.6) is 0 Å². The molecule has 22 heavy (non-hydrogen) atoms. The van der Waals surface area contributed by atoms with Crippen LogP contribution in [-0.2, 0) is 9.53 Å². The maximum absolute atomic E-state index is 12.4. The summed E-state index contributed by atoms with van der Waals surface area (Å²) in [6.45, 7) is 5.02. The van der Waals surface area contributed by atoms with Crippen molar-refractivity contribution in [2.75, 3.05) is 19.7 Å². The molecule has 0 bridgehead atoms. The lowest BCUT2D eigenvalue weighted by atomic mass is 9.85. The Morgan fingerprint density at radius 3 is 2.73 bits per heavy atom. The van der Waals surface area contributed by atoms with Crippen molar-refractivity contribution in [3.05, 3.63) is 16.9 Å². The quantitative estimate of drug-likeness (QED) is 0.278. The molecule has 7 nitrogen and oxygen atoms in total. The van der Waals surface area contributed by atoms with Crippen LogP contribution >= 0.6 is 0 Å². The molecule has 7 heteroatoms. The van der Waals surface area contributed by atoms with Gasteiger partial charge in [-0.15, -0.1) is 0 Å². The summed E-state index contributed by atoms with van der Waals surface area (Å²) in [5.41, 5.74) is -1.40. The van der Waals surface area contributed by atoms with Crippen molar-refractivity contribution in [3.8, 4) is 0 Å². The predicted molar refractivity (Wildman–Crippen MR) is 78.3 cm³/mol. The van der Waals surface area contributed by atoms with Crippen molar-refractivity contribution >= 4 is 5.97 Å². The zero-order chi connectivity index (χ0) is 16.7. The van der Waals surface area contributed by atoms with Crippen molar-refractivity contribution in [1.82, 2.24) is 0 Å². The number of ether oxygens (including phenoxy) is 1. The largest absolute Gasteiger partial charge is 0.632 e. The van der Waals surface area contributed by atoms with E-state index < -0.39 is 40.4 Å². The van der Waals surface area contributed by atoms with Crippen molar-refractivity contribution in [2.24, 2.45) is 5.92 Å². The molecule has 3 N–H and O–H groups in total. The Hall–Kier alpha value is -0.990. The molecule has 0 saturated carbocycles. The second-order valence-corrected chi connectivity index (χ2v) is 6.67. The summed E-state index contributed by atoms with van der Waals surface area (Å²) >= 11 is 0. The van der Waals surface area contributed by atoms with Crippen molar-refractivity contribution in [3.63, 3.8) is 0 Å². The number of carbonyl (C=O) groups excluding carboxylic acids is 1. The summed E-state index contributed by atoms with van der Waals surface area (Å²) in [5.74, 6) is -1.44. The maximum Gasteiger partial charge on any atom is 0.341 e. The monoisotopic (exact) mass is 315 g/mol. The van der Waals surface area contributed by atoms with E-state index in [9.17, 15) is 25.3 Å². The molecule has 2 aliphatic heterocycles. The summed E-state index contributed by atoms with van der Waals surface area (Å²) in [7, 11) is 0. The molecule has 5 atom stereocenters. The lowest BCUT2D eigenvalue weighted by molar-refractivity contribution is -0.877. The second-order valence-electron chi connectivity index (χ2n) is 6.67. The van der Waals surface area contributed by atoms with Gasteiger partial charge in [0, 0.05) is 12.0 Å². The van der Waals surface area contributed by atoms with E-state index in [0.29, 0.717) is 18.5 Å². The summed E-state index contributed by atoms with van der Waals surface area (Å²) < 4.78 is 4.64. The van der Waals surface area contributed by atoms with Crippen LogP contribution in [0.2, 0.25) is 0 Å². The van der Waals surface area contributed by atoms with Gasteiger partial charge in [0.1, 0.15) is 18.8 Å². The van der Waals surface area contributed by atoms with E-state index >= 15 is 0 Å². The molecule has 0 aromatic carbocycles. The van der Waals surface area contributed by atoms with Crippen LogP contribution in [0.1, 0.15) is 27.2 Å². The van der Waals surface area contributed by atoms with Crippen molar-refractivity contribution < 1.29 is 29.5 Å². The minimum Gasteiger partial charge on any atom is -0.632 e. The van der Waals surface area contributed by atoms with E-state index in [1.807, 2.05) is 0 Å². The number of carbonyl (C=O) groups is 1. The number of fused-ring (bicyclic) bond motifs is 1. The smallest absolute Gasteiger partial charge is 0.341 e. The summed E-state index contributed by atoms with van der Waals surface area (Å²) in [5, 5.41) is 42.4. The Labute approximate surface area is 130 Å². The van der Waals surface area contributed by atoms with Gasteiger partial charge in [0.25, 0.3) is 0 Å². The van der Waals surface area contributed by atoms with Crippen molar-refractivity contribution in [1.29, 1.82) is 0 Å². The number of aliphatic hydroxyl groups is 3. The molecule has 0 radical (unpaired) electrons. The highest BCUT2D eigenvalue weighted by Crippen LogP contribution is 2.36. The third-order valence-corrected chi connectivity index (χ3v) is 4.93. The maximum atomic E-state index is 12.4. The van der Waals surface area contributed by atoms with E-state index in [4.69, 9.17) is 4.74 Å². The van der Waals surface area contributed by atoms with Crippen LogP contribution in [0.25, 0.3) is 0 Å². The van der Waals surface area contributed by atoms with E-state index in [-0.39, 0.29) is 13.2 Å². The van der Waals surface area contributed by atoms with Gasteiger partial charge in [-0.3, -0.25) is 0 Å². The lowest BCUT2D eigenvalue weighted by Crippen LogP contribution is -2.53. The van der Waals surface area contributed by atoms with E-state index in [0.717, 1.165) is 0 Å². The fourth-order valence-corrected chi connectivity index (χ4v) is 3.41. The molecule has 126 valence electrons. The van der Waals surface area contributed by atoms with E-state index in [1.165, 1.54) is 6.92 Å². The number of quaternary nitrogens is 1. The molecule has 1 saturated heterocycles.